The van der Waals surface area contributed by atoms with Crippen molar-refractivity contribution in [1.29, 1.82) is 0 Å². The molecule has 0 aliphatic heterocycles. The minimum Gasteiger partial charge on any atom is -0.344 e. The average molecular weight is 162 g/mol. The lowest BCUT2D eigenvalue weighted by atomic mass is 11.0. The second-order valence-electron chi connectivity index (χ2n) is 0.835. The summed E-state index contributed by atoms with van der Waals surface area (Å²) in [6.45, 7) is 0. The van der Waals surface area contributed by atoms with Gasteiger partial charge in [-0.1, -0.05) is 0 Å². The van der Waals surface area contributed by atoms with Crippen molar-refractivity contribution in [1.82, 2.24) is 0 Å². The third kappa shape index (κ3) is 3.98. The molecule has 0 rings (SSSR count). The van der Waals surface area contributed by atoms with E-state index in [2.05, 4.69) is 4.18 Å². The van der Waals surface area contributed by atoms with Crippen LogP contribution in [0, 0.1) is 0 Å². The average Bonchev–Trinajstić information content (AvgIpc) is 1.63. The fourth-order valence-electron chi connectivity index (χ4n) is 0.0941. The number of hydrogen-bond acceptors (Lipinski definition) is 2. The second-order valence-corrected chi connectivity index (χ2v) is 1.44. The highest BCUT2D eigenvalue weighted by Gasteiger charge is 2.08. The highest BCUT2D eigenvalue weighted by Crippen LogP contribution is 2.10. The monoisotopic (exact) mass is 162 g/mol. The van der Waals surface area contributed by atoms with Gasteiger partial charge in [-0.3, -0.25) is 4.55 Å². The summed E-state index contributed by atoms with van der Waals surface area (Å²) in [5.41, 5.74) is 0. The van der Waals surface area contributed by atoms with Crippen molar-refractivity contribution in [2.45, 2.75) is 0 Å². The molecule has 0 amide bonds. The number of hydrogen-bond donors (Lipinski definition) is 1. The molecule has 1 N–H and O–H groups in total. The van der Waals surface area contributed by atoms with Gasteiger partial charge in [-0.15, -0.1) is 0 Å². The van der Waals surface area contributed by atoms with E-state index in [-0.39, 0.29) is 0 Å². The first-order valence-corrected chi connectivity index (χ1v) is 2.57. The van der Waals surface area contributed by atoms with Crippen LogP contribution in [0.3, 0.4) is 0 Å². The number of halogens is 3. The fourth-order valence-corrected chi connectivity index (χ4v) is 0.282. The molecular formula is C2HF3O3S. The van der Waals surface area contributed by atoms with Crippen LogP contribution in [0.25, 0.3) is 0 Å². The zero-order valence-electron chi connectivity index (χ0n) is 3.81. The van der Waals surface area contributed by atoms with Crippen LogP contribution in [0.4, 0.5) is 13.2 Å². The van der Waals surface area contributed by atoms with E-state index >= 15 is 0 Å². The van der Waals surface area contributed by atoms with E-state index < -0.39 is 23.5 Å². The molecule has 54 valence electrons. The summed E-state index contributed by atoms with van der Waals surface area (Å²) in [6.07, 6.45) is -2.77. The Bertz CT molecular complexity index is 151. The van der Waals surface area contributed by atoms with Crippen LogP contribution in [0.15, 0.2) is 12.1 Å². The molecule has 0 aromatic carbocycles. The van der Waals surface area contributed by atoms with Crippen molar-refractivity contribution in [2.24, 2.45) is 0 Å². The van der Waals surface area contributed by atoms with Crippen molar-refractivity contribution in [3.05, 3.63) is 12.1 Å². The van der Waals surface area contributed by atoms with E-state index in [4.69, 9.17) is 4.55 Å². The molecule has 0 radical (unpaired) electrons. The van der Waals surface area contributed by atoms with Gasteiger partial charge in [0.05, 0.1) is 0 Å². The maximum atomic E-state index is 11.3. The Morgan fingerprint density at radius 3 is 2.00 bits per heavy atom. The van der Waals surface area contributed by atoms with Crippen LogP contribution in [0.5, 0.6) is 0 Å². The first-order chi connectivity index (χ1) is 4.04. The van der Waals surface area contributed by atoms with Crippen molar-refractivity contribution in [3.8, 4) is 0 Å². The lowest BCUT2D eigenvalue weighted by Crippen LogP contribution is -1.91. The van der Waals surface area contributed by atoms with Crippen LogP contribution in [-0.4, -0.2) is 8.76 Å². The summed E-state index contributed by atoms with van der Waals surface area (Å²) in [6, 6.07) is -2.34. The molecule has 0 aromatic heterocycles. The minimum atomic E-state index is -3.03. The Labute approximate surface area is 50.6 Å². The molecule has 0 fully saturated rings. The summed E-state index contributed by atoms with van der Waals surface area (Å²) in [7, 11) is 0. The SMILES string of the molecule is O=S(O)OC(F)=C(F)F. The van der Waals surface area contributed by atoms with Crippen LogP contribution in [-0.2, 0) is 15.5 Å². The van der Waals surface area contributed by atoms with Gasteiger partial charge in [0, 0.05) is 0 Å². The third-order valence-electron chi connectivity index (χ3n) is 0.293. The van der Waals surface area contributed by atoms with Crippen LogP contribution in [0.1, 0.15) is 0 Å². The zero-order chi connectivity index (χ0) is 7.44. The predicted octanol–water partition coefficient (Wildman–Crippen LogP) is 1.17. The van der Waals surface area contributed by atoms with Gasteiger partial charge in [-0.05, 0) is 0 Å². The molecule has 7 heteroatoms. The standard InChI is InChI=1S/C2HF3O3S/c3-1(4)2(5)8-9(6)7/h(H,6,7). The molecular weight excluding hydrogens is 161 g/mol. The predicted molar refractivity (Wildman–Crippen MR) is 22.2 cm³/mol. The molecule has 0 bridgehead atoms. The molecule has 9 heavy (non-hydrogen) atoms. The van der Waals surface area contributed by atoms with E-state index in [0.717, 1.165) is 0 Å². The highest BCUT2D eigenvalue weighted by molar-refractivity contribution is 7.74. The molecule has 1 unspecified atom stereocenters. The Morgan fingerprint density at radius 2 is 1.89 bits per heavy atom. The molecule has 0 aliphatic carbocycles. The second kappa shape index (κ2) is 3.46. The van der Waals surface area contributed by atoms with Crippen molar-refractivity contribution in [2.75, 3.05) is 0 Å². The Morgan fingerprint density at radius 1 is 1.44 bits per heavy atom. The van der Waals surface area contributed by atoms with Gasteiger partial charge >= 0.3 is 23.5 Å². The normalized spacial score (nSPS) is 12.4. The molecule has 0 aliphatic rings. The lowest BCUT2D eigenvalue weighted by Gasteiger charge is -1.90. The summed E-state index contributed by atoms with van der Waals surface area (Å²) in [5.74, 6) is 0. The first kappa shape index (κ1) is 8.44. The number of rotatable bonds is 2. The molecule has 0 aromatic rings. The molecule has 3 nitrogen and oxygen atoms in total. The Balaban J connectivity index is 3.92. The van der Waals surface area contributed by atoms with Crippen molar-refractivity contribution < 1.29 is 26.1 Å². The smallest absolute Gasteiger partial charge is 0.344 e. The maximum Gasteiger partial charge on any atom is 0.359 e. The highest BCUT2D eigenvalue weighted by atomic mass is 32.2. The van der Waals surface area contributed by atoms with Gasteiger partial charge in [0.2, 0.25) is 0 Å². The molecule has 1 atom stereocenters. The van der Waals surface area contributed by atoms with Gasteiger partial charge in [0.25, 0.3) is 0 Å². The first-order valence-electron chi connectivity index (χ1n) is 1.54. The Hall–Kier alpha value is -0.560. The Kier molecular flexibility index (Phi) is 3.25. The molecule has 0 saturated carbocycles. The van der Waals surface area contributed by atoms with Gasteiger partial charge in [-0.25, -0.2) is 0 Å². The summed E-state index contributed by atoms with van der Waals surface area (Å²) < 4.78 is 53.2. The molecule has 0 heterocycles. The van der Waals surface area contributed by atoms with Crippen molar-refractivity contribution >= 4 is 11.4 Å². The van der Waals surface area contributed by atoms with Gasteiger partial charge in [0.15, 0.2) is 0 Å². The van der Waals surface area contributed by atoms with Crippen molar-refractivity contribution in [3.63, 3.8) is 0 Å². The summed E-state index contributed by atoms with van der Waals surface area (Å²) in [4.78, 5) is 0. The fraction of sp³-hybridized carbons (Fsp3) is 0. The van der Waals surface area contributed by atoms with E-state index in [1.54, 1.807) is 0 Å². The van der Waals surface area contributed by atoms with E-state index in [1.165, 1.54) is 0 Å². The minimum absolute atomic E-state index is 2.34. The van der Waals surface area contributed by atoms with Gasteiger partial charge < -0.3 is 4.18 Å². The van der Waals surface area contributed by atoms with Gasteiger partial charge in [0.1, 0.15) is 0 Å². The lowest BCUT2D eigenvalue weighted by molar-refractivity contribution is 0.240. The largest absolute Gasteiger partial charge is 0.359 e. The van der Waals surface area contributed by atoms with E-state index in [1.807, 2.05) is 0 Å². The van der Waals surface area contributed by atoms with Crippen LogP contribution >= 0.6 is 0 Å². The molecule has 0 saturated heterocycles. The summed E-state index contributed by atoms with van der Waals surface area (Å²) >= 11 is -3.03. The zero-order valence-corrected chi connectivity index (χ0v) is 4.62. The maximum absolute atomic E-state index is 11.3. The topological polar surface area (TPSA) is 46.5 Å². The quantitative estimate of drug-likeness (QED) is 0.489. The summed E-state index contributed by atoms with van der Waals surface area (Å²) in [5, 5.41) is 0. The van der Waals surface area contributed by atoms with E-state index in [9.17, 15) is 17.4 Å². The van der Waals surface area contributed by atoms with Gasteiger partial charge in [-0.2, -0.15) is 17.4 Å². The van der Waals surface area contributed by atoms with Crippen LogP contribution in [0.2, 0.25) is 0 Å². The molecule has 0 spiro atoms. The van der Waals surface area contributed by atoms with E-state index in [0.29, 0.717) is 0 Å². The van der Waals surface area contributed by atoms with Crippen LogP contribution < -0.4 is 0 Å². The third-order valence-corrected chi connectivity index (χ3v) is 0.582.